The first-order valence-corrected chi connectivity index (χ1v) is 6.75. The number of piperidine rings is 1. The summed E-state index contributed by atoms with van der Waals surface area (Å²) in [4.78, 5) is 14.1. The number of β-amino-alcohol motifs (C(OH)–C–C–N with tert-alkyl or cyclic N) is 1. The van der Waals surface area contributed by atoms with E-state index in [4.69, 9.17) is 0 Å². The molecule has 0 spiro atoms. The molecule has 1 aromatic carbocycles. The number of likely N-dealkylation sites (tertiary alicyclic amines) is 1. The monoisotopic (exact) mass is 265 g/mol. The summed E-state index contributed by atoms with van der Waals surface area (Å²) in [6.45, 7) is 4.26. The number of ketones is 1. The van der Waals surface area contributed by atoms with Crippen molar-refractivity contribution in [2.45, 2.75) is 25.9 Å². The Morgan fingerprint density at radius 1 is 1.42 bits per heavy atom. The Kier molecular flexibility index (Phi) is 4.66. The van der Waals surface area contributed by atoms with Gasteiger partial charge in [-0.25, -0.2) is 4.39 Å². The molecule has 1 saturated heterocycles. The maximum absolute atomic E-state index is 12.8. The van der Waals surface area contributed by atoms with Gasteiger partial charge in [0.25, 0.3) is 0 Å². The van der Waals surface area contributed by atoms with Gasteiger partial charge in [-0.15, -0.1) is 0 Å². The summed E-state index contributed by atoms with van der Waals surface area (Å²) in [5.74, 6) is 0.0295. The second-order valence-electron chi connectivity index (χ2n) is 5.31. The Bertz CT molecular complexity index is 432. The van der Waals surface area contributed by atoms with Crippen LogP contribution < -0.4 is 0 Å². The summed E-state index contributed by atoms with van der Waals surface area (Å²) in [6, 6.07) is 5.65. The third kappa shape index (κ3) is 3.85. The largest absolute Gasteiger partial charge is 0.392 e. The molecule has 1 N–H and O–H groups in total. The lowest BCUT2D eigenvalue weighted by molar-refractivity contribution is 0.0287. The van der Waals surface area contributed by atoms with E-state index < -0.39 is 0 Å². The van der Waals surface area contributed by atoms with Crippen molar-refractivity contribution in [3.8, 4) is 0 Å². The van der Waals surface area contributed by atoms with Crippen LogP contribution in [0.5, 0.6) is 0 Å². The maximum atomic E-state index is 12.8. The molecule has 1 heterocycles. The maximum Gasteiger partial charge on any atom is 0.164 e. The smallest absolute Gasteiger partial charge is 0.164 e. The van der Waals surface area contributed by atoms with Gasteiger partial charge in [-0.1, -0.05) is 6.92 Å². The molecule has 2 atom stereocenters. The fraction of sp³-hybridized carbons (Fsp3) is 0.533. The number of Topliss-reactive ketones (excluding diaryl/α,β-unsaturated/α-hetero) is 1. The average molecular weight is 265 g/mol. The van der Waals surface area contributed by atoms with Crippen LogP contribution in [0.25, 0.3) is 0 Å². The topological polar surface area (TPSA) is 40.5 Å². The van der Waals surface area contributed by atoms with Crippen molar-refractivity contribution >= 4 is 5.78 Å². The van der Waals surface area contributed by atoms with Gasteiger partial charge >= 0.3 is 0 Å². The molecule has 1 fully saturated rings. The molecule has 0 saturated carbocycles. The van der Waals surface area contributed by atoms with Gasteiger partial charge in [-0.2, -0.15) is 0 Å². The van der Waals surface area contributed by atoms with E-state index in [0.717, 1.165) is 13.0 Å². The Morgan fingerprint density at radius 2 is 2.11 bits per heavy atom. The molecule has 2 rings (SSSR count). The number of hydrogen-bond donors (Lipinski definition) is 1. The summed E-state index contributed by atoms with van der Waals surface area (Å²) in [6.07, 6.45) is 1.08. The van der Waals surface area contributed by atoms with Crippen molar-refractivity contribution in [1.29, 1.82) is 0 Å². The van der Waals surface area contributed by atoms with Gasteiger partial charge in [0.2, 0.25) is 0 Å². The lowest BCUT2D eigenvalue weighted by Gasteiger charge is -2.34. The fourth-order valence-electron chi connectivity index (χ4n) is 2.36. The number of benzene rings is 1. The molecule has 19 heavy (non-hydrogen) atoms. The molecule has 0 amide bonds. The Hall–Kier alpha value is -1.26. The van der Waals surface area contributed by atoms with E-state index in [2.05, 4.69) is 4.90 Å². The SMILES string of the molecule is C[C@@H]1CCN(CCC(=O)c2ccc(F)cc2)C[C@@H]1O. The van der Waals surface area contributed by atoms with Gasteiger partial charge in [0.05, 0.1) is 6.10 Å². The standard InChI is InChI=1S/C15H20FNO2/c1-11-6-8-17(10-15(11)19)9-7-14(18)12-2-4-13(16)5-3-12/h2-5,11,15,19H,6-10H2,1H3/t11-,15+/m1/s1. The van der Waals surface area contributed by atoms with Crippen LogP contribution in [0.4, 0.5) is 4.39 Å². The van der Waals surface area contributed by atoms with E-state index in [-0.39, 0.29) is 17.7 Å². The molecular formula is C15H20FNO2. The summed E-state index contributed by atoms with van der Waals surface area (Å²) in [7, 11) is 0. The molecule has 1 aliphatic rings. The Labute approximate surface area is 113 Å². The number of aliphatic hydroxyl groups excluding tert-OH is 1. The average Bonchev–Trinajstić information content (AvgIpc) is 2.40. The highest BCUT2D eigenvalue weighted by atomic mass is 19.1. The van der Waals surface area contributed by atoms with Gasteiger partial charge in [-0.05, 0) is 43.1 Å². The lowest BCUT2D eigenvalue weighted by Crippen LogP contribution is -2.43. The van der Waals surface area contributed by atoms with E-state index in [1.54, 1.807) is 0 Å². The van der Waals surface area contributed by atoms with Gasteiger partial charge in [0, 0.05) is 25.1 Å². The Balaban J connectivity index is 1.82. The Morgan fingerprint density at radius 3 is 2.74 bits per heavy atom. The van der Waals surface area contributed by atoms with E-state index >= 15 is 0 Å². The molecule has 0 aliphatic carbocycles. The van der Waals surface area contributed by atoms with Crippen LogP contribution in [0.3, 0.4) is 0 Å². The minimum Gasteiger partial charge on any atom is -0.392 e. The van der Waals surface area contributed by atoms with Gasteiger partial charge < -0.3 is 10.0 Å². The molecule has 1 aromatic rings. The van der Waals surface area contributed by atoms with Crippen LogP contribution in [0.1, 0.15) is 30.1 Å². The van der Waals surface area contributed by atoms with Crippen LogP contribution in [-0.2, 0) is 0 Å². The highest BCUT2D eigenvalue weighted by Gasteiger charge is 2.24. The first-order valence-electron chi connectivity index (χ1n) is 6.75. The summed E-state index contributed by atoms with van der Waals surface area (Å²) in [5.41, 5.74) is 0.548. The van der Waals surface area contributed by atoms with Crippen LogP contribution in [-0.4, -0.2) is 41.5 Å². The lowest BCUT2D eigenvalue weighted by atomic mass is 9.96. The number of carbonyl (C=O) groups excluding carboxylic acids is 1. The molecular weight excluding hydrogens is 245 g/mol. The van der Waals surface area contributed by atoms with Crippen LogP contribution in [0, 0.1) is 11.7 Å². The zero-order valence-electron chi connectivity index (χ0n) is 11.2. The molecule has 3 nitrogen and oxygen atoms in total. The highest BCUT2D eigenvalue weighted by Crippen LogP contribution is 2.17. The molecule has 0 unspecified atom stereocenters. The van der Waals surface area contributed by atoms with Gasteiger partial charge in [0.15, 0.2) is 5.78 Å². The predicted molar refractivity (Wildman–Crippen MR) is 71.6 cm³/mol. The molecule has 0 bridgehead atoms. The molecule has 104 valence electrons. The quantitative estimate of drug-likeness (QED) is 0.848. The molecule has 1 aliphatic heterocycles. The summed E-state index contributed by atoms with van der Waals surface area (Å²) in [5, 5.41) is 9.79. The number of carbonyl (C=O) groups is 1. The zero-order valence-corrected chi connectivity index (χ0v) is 11.2. The van der Waals surface area contributed by atoms with Crippen LogP contribution in [0.15, 0.2) is 24.3 Å². The molecule has 0 radical (unpaired) electrons. The number of aliphatic hydroxyl groups is 1. The number of halogens is 1. The van der Waals surface area contributed by atoms with Crippen molar-refractivity contribution in [3.63, 3.8) is 0 Å². The van der Waals surface area contributed by atoms with Gasteiger partial charge in [0.1, 0.15) is 5.82 Å². The fourth-order valence-corrected chi connectivity index (χ4v) is 2.36. The second kappa shape index (κ2) is 6.26. The minimum atomic E-state index is -0.329. The predicted octanol–water partition coefficient (Wildman–Crippen LogP) is 2.10. The highest BCUT2D eigenvalue weighted by molar-refractivity contribution is 5.96. The second-order valence-corrected chi connectivity index (χ2v) is 5.31. The third-order valence-electron chi connectivity index (χ3n) is 3.82. The third-order valence-corrected chi connectivity index (χ3v) is 3.82. The first kappa shape index (κ1) is 14.2. The van der Waals surface area contributed by atoms with E-state index in [9.17, 15) is 14.3 Å². The summed E-state index contributed by atoms with van der Waals surface area (Å²) >= 11 is 0. The normalized spacial score (nSPS) is 24.4. The van der Waals surface area contributed by atoms with Crippen LogP contribution >= 0.6 is 0 Å². The van der Waals surface area contributed by atoms with E-state index in [0.29, 0.717) is 31.0 Å². The zero-order chi connectivity index (χ0) is 13.8. The van der Waals surface area contributed by atoms with Crippen molar-refractivity contribution in [2.24, 2.45) is 5.92 Å². The minimum absolute atomic E-state index is 0.0214. The van der Waals surface area contributed by atoms with Crippen molar-refractivity contribution < 1.29 is 14.3 Å². The number of hydrogen-bond acceptors (Lipinski definition) is 3. The molecule has 0 aromatic heterocycles. The van der Waals surface area contributed by atoms with Crippen molar-refractivity contribution in [2.75, 3.05) is 19.6 Å². The summed E-state index contributed by atoms with van der Waals surface area (Å²) < 4.78 is 12.8. The van der Waals surface area contributed by atoms with Crippen LogP contribution in [0.2, 0.25) is 0 Å². The van der Waals surface area contributed by atoms with Crippen molar-refractivity contribution in [3.05, 3.63) is 35.6 Å². The number of nitrogens with zero attached hydrogens (tertiary/aromatic N) is 1. The molecule has 4 heteroatoms. The van der Waals surface area contributed by atoms with Crippen molar-refractivity contribution in [1.82, 2.24) is 4.90 Å². The first-order chi connectivity index (χ1) is 9.06. The van der Waals surface area contributed by atoms with Gasteiger partial charge in [-0.3, -0.25) is 4.79 Å². The van der Waals surface area contributed by atoms with E-state index in [1.807, 2.05) is 6.92 Å². The number of rotatable bonds is 4. The van der Waals surface area contributed by atoms with E-state index in [1.165, 1.54) is 24.3 Å².